The Labute approximate surface area is 211 Å². The molecule has 0 aliphatic heterocycles. The van der Waals surface area contributed by atoms with E-state index in [-0.39, 0.29) is 18.1 Å². The van der Waals surface area contributed by atoms with Gasteiger partial charge >= 0.3 is 0 Å². The first-order chi connectivity index (χ1) is 17.3. The summed E-state index contributed by atoms with van der Waals surface area (Å²) in [6, 6.07) is 20.1. The zero-order valence-corrected chi connectivity index (χ0v) is 20.8. The second-order valence-electron chi connectivity index (χ2n) is 8.22. The van der Waals surface area contributed by atoms with Crippen molar-refractivity contribution in [3.63, 3.8) is 0 Å². The Balaban J connectivity index is 1.73. The average Bonchev–Trinajstić information content (AvgIpc) is 2.85. The van der Waals surface area contributed by atoms with Crippen LogP contribution in [-0.4, -0.2) is 25.0 Å². The van der Waals surface area contributed by atoms with E-state index in [4.69, 9.17) is 9.47 Å². The maximum atomic E-state index is 12.7. The van der Waals surface area contributed by atoms with Crippen LogP contribution >= 0.6 is 0 Å². The molecule has 0 fully saturated rings. The molecule has 2 amide bonds. The van der Waals surface area contributed by atoms with E-state index in [0.29, 0.717) is 35.0 Å². The summed E-state index contributed by atoms with van der Waals surface area (Å²) in [5.41, 5.74) is 4.90. The number of benzene rings is 3. The number of ether oxygens (including phenoxy) is 2. The van der Waals surface area contributed by atoms with Gasteiger partial charge < -0.3 is 20.1 Å². The molecule has 0 unspecified atom stereocenters. The summed E-state index contributed by atoms with van der Waals surface area (Å²) in [4.78, 5) is 25.1. The normalized spacial score (nSPS) is 10.8. The van der Waals surface area contributed by atoms with Crippen LogP contribution in [0.2, 0.25) is 0 Å². The lowest BCUT2D eigenvalue weighted by Gasteiger charge is -2.13. The molecular formula is C29H29N3O4. The van der Waals surface area contributed by atoms with Gasteiger partial charge in [-0.05, 0) is 86.4 Å². The highest BCUT2D eigenvalue weighted by atomic mass is 16.5. The number of nitriles is 1. The first kappa shape index (κ1) is 26.0. The third-order valence-corrected chi connectivity index (χ3v) is 5.46. The van der Waals surface area contributed by atoms with Crippen molar-refractivity contribution in [2.24, 2.45) is 0 Å². The molecule has 0 heterocycles. The van der Waals surface area contributed by atoms with Crippen LogP contribution in [0.5, 0.6) is 11.5 Å². The number of carbonyl (C=O) groups is 2. The maximum absolute atomic E-state index is 12.7. The highest BCUT2D eigenvalue weighted by molar-refractivity contribution is 6.10. The minimum Gasteiger partial charge on any atom is -0.490 e. The van der Waals surface area contributed by atoms with Crippen molar-refractivity contribution in [1.29, 1.82) is 5.26 Å². The Morgan fingerprint density at radius 3 is 2.44 bits per heavy atom. The number of nitrogens with one attached hydrogen (secondary N) is 2. The summed E-state index contributed by atoms with van der Waals surface area (Å²) in [7, 11) is 0. The molecule has 3 aromatic rings. The van der Waals surface area contributed by atoms with E-state index in [0.717, 1.165) is 16.7 Å². The SMILES string of the molecule is CCOc1cc(/C=C(\C#N)C(=O)Nc2cccc(C)c2C)ccc1OCC(=O)Nc1cccc(C)c1. The standard InChI is InChI=1S/C29H29N3O4/c1-5-35-27-16-22(15-23(17-30)29(34)32-25-11-7-9-20(3)21(25)4)12-13-26(27)36-18-28(33)31-24-10-6-8-19(2)14-24/h6-16H,5,18H2,1-4H3,(H,31,33)(H,32,34)/b23-15+. The smallest absolute Gasteiger partial charge is 0.266 e. The van der Waals surface area contributed by atoms with Gasteiger partial charge in [0.15, 0.2) is 18.1 Å². The summed E-state index contributed by atoms with van der Waals surface area (Å²) < 4.78 is 11.4. The third kappa shape index (κ3) is 6.97. The van der Waals surface area contributed by atoms with Crippen molar-refractivity contribution in [2.75, 3.05) is 23.8 Å². The lowest BCUT2D eigenvalue weighted by molar-refractivity contribution is -0.118. The molecule has 0 aromatic heterocycles. The van der Waals surface area contributed by atoms with E-state index in [1.807, 2.05) is 64.1 Å². The summed E-state index contributed by atoms with van der Waals surface area (Å²) in [5, 5.41) is 15.2. The van der Waals surface area contributed by atoms with Gasteiger partial charge in [-0.3, -0.25) is 9.59 Å². The summed E-state index contributed by atoms with van der Waals surface area (Å²) in [5.74, 6) is -0.0206. The van der Waals surface area contributed by atoms with Crippen LogP contribution in [0.25, 0.3) is 6.08 Å². The lowest BCUT2D eigenvalue weighted by atomic mass is 10.1. The quantitative estimate of drug-likeness (QED) is 0.306. The molecule has 0 radical (unpaired) electrons. The van der Waals surface area contributed by atoms with Gasteiger partial charge in [0.2, 0.25) is 0 Å². The maximum Gasteiger partial charge on any atom is 0.266 e. The Morgan fingerprint density at radius 1 is 0.944 bits per heavy atom. The van der Waals surface area contributed by atoms with E-state index >= 15 is 0 Å². The van der Waals surface area contributed by atoms with Crippen molar-refractivity contribution in [1.82, 2.24) is 0 Å². The fraction of sp³-hybridized carbons (Fsp3) is 0.207. The fourth-order valence-corrected chi connectivity index (χ4v) is 3.46. The molecule has 36 heavy (non-hydrogen) atoms. The van der Waals surface area contributed by atoms with Crippen molar-refractivity contribution in [3.05, 3.63) is 88.5 Å². The second-order valence-corrected chi connectivity index (χ2v) is 8.22. The van der Waals surface area contributed by atoms with E-state index in [1.54, 1.807) is 30.3 Å². The number of carbonyl (C=O) groups excluding carboxylic acids is 2. The van der Waals surface area contributed by atoms with Gasteiger partial charge in [-0.25, -0.2) is 0 Å². The summed E-state index contributed by atoms with van der Waals surface area (Å²) in [6.07, 6.45) is 1.48. The fourth-order valence-electron chi connectivity index (χ4n) is 3.46. The monoisotopic (exact) mass is 483 g/mol. The summed E-state index contributed by atoms with van der Waals surface area (Å²) >= 11 is 0. The average molecular weight is 484 g/mol. The topological polar surface area (TPSA) is 100 Å². The van der Waals surface area contributed by atoms with Gasteiger partial charge in [-0.15, -0.1) is 0 Å². The van der Waals surface area contributed by atoms with E-state index in [9.17, 15) is 14.9 Å². The van der Waals surface area contributed by atoms with Crippen LogP contribution in [-0.2, 0) is 9.59 Å². The van der Waals surface area contributed by atoms with Crippen molar-refractivity contribution >= 4 is 29.3 Å². The van der Waals surface area contributed by atoms with Crippen LogP contribution < -0.4 is 20.1 Å². The number of hydrogen-bond donors (Lipinski definition) is 2. The molecule has 7 nitrogen and oxygen atoms in total. The Morgan fingerprint density at radius 2 is 1.72 bits per heavy atom. The minimum atomic E-state index is -0.502. The molecule has 0 aliphatic rings. The van der Waals surface area contributed by atoms with Crippen LogP contribution in [0.4, 0.5) is 11.4 Å². The van der Waals surface area contributed by atoms with Gasteiger partial charge in [-0.1, -0.05) is 30.3 Å². The Hall–Kier alpha value is -4.57. The number of hydrogen-bond acceptors (Lipinski definition) is 5. The molecule has 184 valence electrons. The number of rotatable bonds is 9. The number of anilines is 2. The molecule has 3 rings (SSSR count). The molecule has 0 saturated heterocycles. The van der Waals surface area contributed by atoms with Crippen LogP contribution in [0.15, 0.2) is 66.2 Å². The first-order valence-electron chi connectivity index (χ1n) is 11.6. The lowest BCUT2D eigenvalue weighted by Crippen LogP contribution is -2.20. The molecule has 0 saturated carbocycles. The molecule has 7 heteroatoms. The van der Waals surface area contributed by atoms with Crippen molar-refractivity contribution in [3.8, 4) is 17.6 Å². The van der Waals surface area contributed by atoms with E-state index in [2.05, 4.69) is 10.6 Å². The molecule has 0 atom stereocenters. The summed E-state index contributed by atoms with van der Waals surface area (Å²) in [6.45, 7) is 7.81. The zero-order valence-electron chi connectivity index (χ0n) is 20.8. The number of nitrogens with zero attached hydrogens (tertiary/aromatic N) is 1. The Kier molecular flexibility index (Phi) is 8.84. The van der Waals surface area contributed by atoms with Gasteiger partial charge in [0.05, 0.1) is 6.61 Å². The predicted octanol–water partition coefficient (Wildman–Crippen LogP) is 5.57. The Bertz CT molecular complexity index is 1340. The molecular weight excluding hydrogens is 454 g/mol. The van der Waals surface area contributed by atoms with Gasteiger partial charge in [0, 0.05) is 11.4 Å². The molecule has 0 spiro atoms. The first-order valence-corrected chi connectivity index (χ1v) is 11.6. The van der Waals surface area contributed by atoms with Gasteiger partial charge in [0.1, 0.15) is 11.6 Å². The molecule has 0 bridgehead atoms. The van der Waals surface area contributed by atoms with E-state index in [1.165, 1.54) is 6.08 Å². The molecule has 0 aliphatic carbocycles. The van der Waals surface area contributed by atoms with Crippen molar-refractivity contribution < 1.29 is 19.1 Å². The van der Waals surface area contributed by atoms with Crippen LogP contribution in [0, 0.1) is 32.1 Å². The molecule has 3 aromatic carbocycles. The highest BCUT2D eigenvalue weighted by Crippen LogP contribution is 2.30. The zero-order chi connectivity index (χ0) is 26.1. The number of aryl methyl sites for hydroxylation is 2. The van der Waals surface area contributed by atoms with Gasteiger partial charge in [-0.2, -0.15) is 5.26 Å². The number of amides is 2. The van der Waals surface area contributed by atoms with Gasteiger partial charge in [0.25, 0.3) is 11.8 Å². The minimum absolute atomic E-state index is 0.0513. The molecule has 2 N–H and O–H groups in total. The highest BCUT2D eigenvalue weighted by Gasteiger charge is 2.14. The predicted molar refractivity (Wildman–Crippen MR) is 141 cm³/mol. The van der Waals surface area contributed by atoms with Crippen LogP contribution in [0.1, 0.15) is 29.2 Å². The van der Waals surface area contributed by atoms with Crippen LogP contribution in [0.3, 0.4) is 0 Å². The van der Waals surface area contributed by atoms with E-state index < -0.39 is 5.91 Å². The second kappa shape index (κ2) is 12.2. The third-order valence-electron chi connectivity index (χ3n) is 5.46. The largest absolute Gasteiger partial charge is 0.490 e. The van der Waals surface area contributed by atoms with Crippen molar-refractivity contribution in [2.45, 2.75) is 27.7 Å².